The number of rotatable bonds is 3. The summed E-state index contributed by atoms with van der Waals surface area (Å²) in [6.07, 6.45) is -0.00618. The van der Waals surface area contributed by atoms with E-state index >= 15 is 0 Å². The van der Waals surface area contributed by atoms with E-state index in [1.54, 1.807) is 6.20 Å². The van der Waals surface area contributed by atoms with Gasteiger partial charge in [-0.1, -0.05) is 18.2 Å². The molecular weight excluding hydrogens is 210 g/mol. The molecule has 2 unspecified atom stereocenters. The average Bonchev–Trinajstić information content (AvgIpc) is 2.70. The number of benzene rings is 1. The van der Waals surface area contributed by atoms with Crippen LogP contribution in [-0.4, -0.2) is 27.1 Å². The number of hydrogen-bond donors (Lipinski definition) is 4. The van der Waals surface area contributed by atoms with Crippen LogP contribution in [0.5, 0.6) is 0 Å². The number of nitrogens with one attached hydrogen (secondary N) is 1. The Hall–Kier alpha value is -0.970. The number of H-pyrrole nitrogens is 1. The van der Waals surface area contributed by atoms with E-state index in [1.807, 2.05) is 24.3 Å². The SMILES string of the molecule is OC(CS)C(O)c1c[nH]c2ccccc12. The fourth-order valence-electron chi connectivity index (χ4n) is 1.65. The summed E-state index contributed by atoms with van der Waals surface area (Å²) >= 11 is 3.96. The second-order valence-electron chi connectivity index (χ2n) is 3.48. The van der Waals surface area contributed by atoms with Gasteiger partial charge in [0.05, 0.1) is 6.10 Å². The minimum atomic E-state index is -0.890. The molecule has 0 aliphatic carbocycles. The molecule has 0 spiro atoms. The smallest absolute Gasteiger partial charge is 0.108 e. The highest BCUT2D eigenvalue weighted by Gasteiger charge is 2.19. The van der Waals surface area contributed by atoms with Crippen molar-refractivity contribution in [3.63, 3.8) is 0 Å². The molecule has 0 radical (unpaired) electrons. The van der Waals surface area contributed by atoms with E-state index in [-0.39, 0.29) is 5.75 Å². The van der Waals surface area contributed by atoms with Crippen LogP contribution in [0.3, 0.4) is 0 Å². The summed E-state index contributed by atoms with van der Waals surface area (Å²) in [5, 5.41) is 20.3. The number of para-hydroxylation sites is 1. The van der Waals surface area contributed by atoms with E-state index in [0.717, 1.165) is 10.9 Å². The van der Waals surface area contributed by atoms with Crippen molar-refractivity contribution in [2.75, 3.05) is 5.75 Å². The van der Waals surface area contributed by atoms with Gasteiger partial charge in [-0.05, 0) is 6.07 Å². The van der Waals surface area contributed by atoms with Crippen LogP contribution in [-0.2, 0) is 0 Å². The van der Waals surface area contributed by atoms with Crippen LogP contribution >= 0.6 is 12.6 Å². The van der Waals surface area contributed by atoms with Gasteiger partial charge in [0.1, 0.15) is 6.10 Å². The lowest BCUT2D eigenvalue weighted by molar-refractivity contribution is 0.0347. The molecule has 0 bridgehead atoms. The summed E-state index contributed by atoms with van der Waals surface area (Å²) in [7, 11) is 0. The summed E-state index contributed by atoms with van der Waals surface area (Å²) in [6, 6.07) is 7.66. The van der Waals surface area contributed by atoms with E-state index in [2.05, 4.69) is 17.6 Å². The molecule has 1 aromatic carbocycles. The van der Waals surface area contributed by atoms with Crippen LogP contribution in [0.1, 0.15) is 11.7 Å². The number of aliphatic hydroxyl groups is 2. The fraction of sp³-hybridized carbons (Fsp3) is 0.273. The van der Waals surface area contributed by atoms with Crippen LogP contribution in [0.25, 0.3) is 10.9 Å². The van der Waals surface area contributed by atoms with Gasteiger partial charge in [0.2, 0.25) is 0 Å². The van der Waals surface area contributed by atoms with Crippen LogP contribution in [0.4, 0.5) is 0 Å². The number of aromatic nitrogens is 1. The Morgan fingerprint density at radius 2 is 2.00 bits per heavy atom. The Kier molecular flexibility index (Phi) is 3.00. The first-order chi connectivity index (χ1) is 7.24. The Labute approximate surface area is 93.2 Å². The van der Waals surface area contributed by atoms with Crippen LogP contribution in [0.2, 0.25) is 0 Å². The minimum Gasteiger partial charge on any atom is -0.389 e. The average molecular weight is 223 g/mol. The van der Waals surface area contributed by atoms with Crippen LogP contribution < -0.4 is 0 Å². The highest BCUT2D eigenvalue weighted by Crippen LogP contribution is 2.26. The standard InChI is InChI=1S/C11H13NO2S/c13-10(6-15)11(14)8-5-12-9-4-2-1-3-7(8)9/h1-5,10-15H,6H2. The zero-order valence-electron chi connectivity index (χ0n) is 8.09. The Bertz CT molecular complexity index is 455. The highest BCUT2D eigenvalue weighted by atomic mass is 32.1. The van der Waals surface area contributed by atoms with Gasteiger partial charge in [-0.2, -0.15) is 12.6 Å². The number of thiol groups is 1. The zero-order valence-corrected chi connectivity index (χ0v) is 8.98. The topological polar surface area (TPSA) is 56.2 Å². The molecule has 0 amide bonds. The lowest BCUT2D eigenvalue weighted by Gasteiger charge is -2.14. The van der Waals surface area contributed by atoms with Crippen molar-refractivity contribution in [1.29, 1.82) is 0 Å². The third-order valence-corrected chi connectivity index (χ3v) is 2.87. The van der Waals surface area contributed by atoms with E-state index in [0.29, 0.717) is 5.56 Å². The van der Waals surface area contributed by atoms with Crippen molar-refractivity contribution in [1.82, 2.24) is 4.98 Å². The van der Waals surface area contributed by atoms with Crippen molar-refractivity contribution in [3.8, 4) is 0 Å². The summed E-state index contributed by atoms with van der Waals surface area (Å²) in [5.74, 6) is 0.237. The van der Waals surface area contributed by atoms with E-state index in [1.165, 1.54) is 0 Å². The Morgan fingerprint density at radius 1 is 1.27 bits per heavy atom. The third-order valence-electron chi connectivity index (χ3n) is 2.49. The summed E-state index contributed by atoms with van der Waals surface area (Å²) in [5.41, 5.74) is 1.67. The van der Waals surface area contributed by atoms with Crippen LogP contribution in [0, 0.1) is 0 Å². The lowest BCUT2D eigenvalue weighted by Crippen LogP contribution is -2.19. The molecule has 1 aromatic heterocycles. The first kappa shape index (κ1) is 10.5. The molecule has 80 valence electrons. The number of hydrogen-bond acceptors (Lipinski definition) is 3. The maximum atomic E-state index is 9.86. The van der Waals surface area contributed by atoms with Crippen molar-refractivity contribution >= 4 is 23.5 Å². The summed E-state index contributed by atoms with van der Waals surface area (Å²) in [6.45, 7) is 0. The molecule has 4 heteroatoms. The molecule has 3 nitrogen and oxygen atoms in total. The minimum absolute atomic E-state index is 0.237. The molecule has 2 aromatic rings. The lowest BCUT2D eigenvalue weighted by atomic mass is 10.0. The quantitative estimate of drug-likeness (QED) is 0.596. The predicted octanol–water partition coefficient (Wildman–Crippen LogP) is 1.49. The van der Waals surface area contributed by atoms with Crippen LogP contribution in [0.15, 0.2) is 30.5 Å². The van der Waals surface area contributed by atoms with Gasteiger partial charge in [-0.3, -0.25) is 0 Å². The van der Waals surface area contributed by atoms with Crippen molar-refractivity contribution in [3.05, 3.63) is 36.0 Å². The molecule has 0 aliphatic rings. The fourth-order valence-corrected chi connectivity index (χ4v) is 1.85. The van der Waals surface area contributed by atoms with Crippen molar-refractivity contribution in [2.24, 2.45) is 0 Å². The largest absolute Gasteiger partial charge is 0.389 e. The van der Waals surface area contributed by atoms with Gasteiger partial charge < -0.3 is 15.2 Å². The van der Waals surface area contributed by atoms with Gasteiger partial charge in [-0.25, -0.2) is 0 Å². The zero-order chi connectivity index (χ0) is 10.8. The normalized spacial score (nSPS) is 15.4. The molecular formula is C11H13NO2S. The van der Waals surface area contributed by atoms with Gasteiger partial charge in [-0.15, -0.1) is 0 Å². The number of aromatic amines is 1. The first-order valence-corrected chi connectivity index (χ1v) is 5.40. The molecule has 1 heterocycles. The van der Waals surface area contributed by atoms with E-state index in [4.69, 9.17) is 0 Å². The van der Waals surface area contributed by atoms with Gasteiger partial charge in [0.15, 0.2) is 0 Å². The second kappa shape index (κ2) is 4.26. The maximum Gasteiger partial charge on any atom is 0.108 e. The molecule has 0 saturated carbocycles. The molecule has 0 aliphatic heterocycles. The molecule has 2 rings (SSSR count). The van der Waals surface area contributed by atoms with Gasteiger partial charge in [0, 0.05) is 28.4 Å². The summed E-state index contributed by atoms with van der Waals surface area (Å²) < 4.78 is 0. The maximum absolute atomic E-state index is 9.86. The predicted molar refractivity (Wildman–Crippen MR) is 63.1 cm³/mol. The third kappa shape index (κ3) is 1.88. The van der Waals surface area contributed by atoms with Gasteiger partial charge in [0.25, 0.3) is 0 Å². The summed E-state index contributed by atoms with van der Waals surface area (Å²) in [4.78, 5) is 3.05. The molecule has 3 N–H and O–H groups in total. The van der Waals surface area contributed by atoms with Crippen molar-refractivity contribution in [2.45, 2.75) is 12.2 Å². The second-order valence-corrected chi connectivity index (χ2v) is 3.85. The van der Waals surface area contributed by atoms with E-state index in [9.17, 15) is 10.2 Å². The molecule has 0 saturated heterocycles. The first-order valence-electron chi connectivity index (χ1n) is 4.77. The number of fused-ring (bicyclic) bond motifs is 1. The molecule has 0 fully saturated rings. The van der Waals surface area contributed by atoms with Gasteiger partial charge >= 0.3 is 0 Å². The molecule has 15 heavy (non-hydrogen) atoms. The van der Waals surface area contributed by atoms with Crippen molar-refractivity contribution < 1.29 is 10.2 Å². The monoisotopic (exact) mass is 223 g/mol. The number of aliphatic hydroxyl groups excluding tert-OH is 2. The Morgan fingerprint density at radius 3 is 2.73 bits per heavy atom. The Balaban J connectivity index is 2.43. The molecule has 2 atom stereocenters. The highest BCUT2D eigenvalue weighted by molar-refractivity contribution is 7.80. The van der Waals surface area contributed by atoms with E-state index < -0.39 is 12.2 Å².